The van der Waals surface area contributed by atoms with Crippen molar-refractivity contribution < 1.29 is 18.7 Å². The summed E-state index contributed by atoms with van der Waals surface area (Å²) in [6.07, 6.45) is 9.23. The van der Waals surface area contributed by atoms with Crippen molar-refractivity contribution in [1.29, 1.82) is 0 Å². The lowest BCUT2D eigenvalue weighted by molar-refractivity contribution is -0.834. The maximum absolute atomic E-state index is 12.5. The summed E-state index contributed by atoms with van der Waals surface area (Å²) in [6.45, 7) is 0. The summed E-state index contributed by atoms with van der Waals surface area (Å²) in [4.78, 5) is 12.5. The summed E-state index contributed by atoms with van der Waals surface area (Å²) in [5.74, 6) is -1.18. The van der Waals surface area contributed by atoms with Gasteiger partial charge in [0, 0.05) is 24.3 Å². The lowest BCUT2D eigenvalue weighted by Gasteiger charge is -2.41. The van der Waals surface area contributed by atoms with Crippen LogP contribution in [0.5, 0.6) is 0 Å². The molecule has 0 saturated heterocycles. The molecule has 12 rings (SSSR count). The van der Waals surface area contributed by atoms with Gasteiger partial charge >= 0.3 is 11.9 Å². The number of aromatic nitrogens is 2. The second-order valence-corrected chi connectivity index (χ2v) is 14.0. The van der Waals surface area contributed by atoms with E-state index in [0.29, 0.717) is 5.56 Å². The van der Waals surface area contributed by atoms with Crippen molar-refractivity contribution in [1.82, 2.24) is 9.13 Å². The molecule has 1 unspecified atom stereocenters. The third kappa shape index (κ3) is 3.37. The summed E-state index contributed by atoms with van der Waals surface area (Å²) >= 11 is 0. The van der Waals surface area contributed by atoms with Crippen LogP contribution in [0.4, 0.5) is 0 Å². The van der Waals surface area contributed by atoms with E-state index < -0.39 is 5.91 Å². The Balaban J connectivity index is 1.30. The third-order valence-corrected chi connectivity index (χ3v) is 11.6. The van der Waals surface area contributed by atoms with Gasteiger partial charge in [0.05, 0.1) is 57.1 Å². The van der Waals surface area contributed by atoms with Gasteiger partial charge in [-0.3, -0.25) is 0 Å². The number of benzene rings is 4. The van der Waals surface area contributed by atoms with Crippen molar-refractivity contribution >= 4 is 39.7 Å². The summed E-state index contributed by atoms with van der Waals surface area (Å²) in [7, 11) is 1.42. The monoisotopic (exact) mass is 682 g/mol. The van der Waals surface area contributed by atoms with Crippen molar-refractivity contribution in [3.05, 3.63) is 225 Å². The molecular weight excluding hydrogens is 653 g/mol. The van der Waals surface area contributed by atoms with Gasteiger partial charge in [0.25, 0.3) is 0 Å². The van der Waals surface area contributed by atoms with Gasteiger partial charge in [0.15, 0.2) is 0 Å². The summed E-state index contributed by atoms with van der Waals surface area (Å²) in [5, 5.41) is 2.34. The molecule has 6 aromatic rings. The molecule has 248 valence electrons. The second-order valence-electron chi connectivity index (χ2n) is 14.0. The molecule has 0 aliphatic carbocycles. The van der Waals surface area contributed by atoms with Crippen LogP contribution in [-0.4, -0.2) is 42.8 Å². The summed E-state index contributed by atoms with van der Waals surface area (Å²) < 4.78 is 15.4. The molecule has 0 N–H and O–H groups in total. The third-order valence-electron chi connectivity index (χ3n) is 11.6. The van der Waals surface area contributed by atoms with E-state index in [-0.39, 0.29) is 5.97 Å². The zero-order chi connectivity index (χ0) is 35.0. The second kappa shape index (κ2) is 10.0. The number of esters is 1. The van der Waals surface area contributed by atoms with Crippen LogP contribution in [0.2, 0.25) is 0 Å². The SMILES string of the molecule is COC(=O)c1ccc(C2=C3C=CC4=[N+]3C35n6c(ccc62)C(c2ccccc2)=C2C=CC(=[N+]23)C(c2ccccc2)=c2ccc(n25)=C4c2ccccc2)cc1. The highest BCUT2D eigenvalue weighted by Crippen LogP contribution is 2.53. The predicted octanol–water partition coefficient (Wildman–Crippen LogP) is 6.21. The van der Waals surface area contributed by atoms with E-state index in [2.05, 4.69) is 170 Å². The number of hydrogen-bond acceptors (Lipinski definition) is 2. The maximum Gasteiger partial charge on any atom is 0.553 e. The average Bonchev–Trinajstić information content (AvgIpc) is 4.04. The van der Waals surface area contributed by atoms with Gasteiger partial charge in [0.1, 0.15) is 0 Å². The van der Waals surface area contributed by atoms with Gasteiger partial charge in [-0.2, -0.15) is 9.13 Å². The fraction of sp³-hybridized carbons (Fsp3) is 0.0426. The number of nitrogens with zero attached hydrogens (tertiary/aromatic N) is 4. The molecule has 1 atom stereocenters. The minimum absolute atomic E-state index is 0.346. The van der Waals surface area contributed by atoms with E-state index in [0.717, 1.165) is 33.9 Å². The minimum Gasteiger partial charge on any atom is -0.465 e. The normalized spacial score (nSPS) is 19.4. The topological polar surface area (TPSA) is 42.2 Å². The van der Waals surface area contributed by atoms with E-state index in [1.807, 2.05) is 12.1 Å². The zero-order valence-electron chi connectivity index (χ0n) is 28.7. The molecule has 1 spiro atoms. The summed E-state index contributed by atoms with van der Waals surface area (Å²) in [5.41, 5.74) is 16.6. The number of allylic oxidation sites excluding steroid dienone is 4. The first-order valence-electron chi connectivity index (χ1n) is 17.9. The highest BCUT2D eigenvalue weighted by Gasteiger charge is 2.72. The van der Waals surface area contributed by atoms with Crippen LogP contribution in [0.3, 0.4) is 0 Å². The standard InChI is InChI=1S/C47H30N4O2/c1-53-46(52)33-19-17-32(18-20-33)45-40-27-25-38-43(30-13-7-3-8-14-30)36-23-21-34-42(29-11-5-2-6-12-29)35-22-24-37-44(31-15-9-4-10-16-31)39-26-28-41(45)51(39)47(48(34)36,49(35)37)50(38)40/h2-28H,1H3/q+2. The Morgan fingerprint density at radius 3 is 1.38 bits per heavy atom. The lowest BCUT2D eigenvalue weighted by Crippen LogP contribution is -2.71. The summed E-state index contributed by atoms with van der Waals surface area (Å²) in [6, 6.07) is 49.4. The first-order chi connectivity index (χ1) is 26.2. The first-order valence-corrected chi connectivity index (χ1v) is 17.9. The molecule has 0 bridgehead atoms. The molecule has 6 nitrogen and oxygen atoms in total. The van der Waals surface area contributed by atoms with E-state index in [1.54, 1.807) is 0 Å². The number of hydrogen-bond donors (Lipinski definition) is 0. The van der Waals surface area contributed by atoms with Gasteiger partial charge in [-0.1, -0.05) is 112 Å². The molecule has 0 saturated carbocycles. The highest BCUT2D eigenvalue weighted by atomic mass is 16.5. The molecule has 6 heteroatoms. The molecule has 53 heavy (non-hydrogen) atoms. The predicted molar refractivity (Wildman–Crippen MR) is 204 cm³/mol. The van der Waals surface area contributed by atoms with Gasteiger partial charge in [-0.25, -0.2) is 4.79 Å². The Morgan fingerprint density at radius 2 is 0.925 bits per heavy atom. The molecule has 0 fully saturated rings. The van der Waals surface area contributed by atoms with Crippen LogP contribution in [0.1, 0.15) is 44.0 Å². The van der Waals surface area contributed by atoms with Crippen LogP contribution in [-0.2, 0) is 10.6 Å². The number of carbonyl (C=O) groups excluding carboxylic acids is 1. The van der Waals surface area contributed by atoms with Crippen LogP contribution in [0, 0.1) is 0 Å². The smallest absolute Gasteiger partial charge is 0.465 e. The lowest BCUT2D eigenvalue weighted by atomic mass is 9.92. The van der Waals surface area contributed by atoms with E-state index >= 15 is 0 Å². The van der Waals surface area contributed by atoms with Crippen molar-refractivity contribution in [2.75, 3.05) is 7.11 Å². The van der Waals surface area contributed by atoms with Crippen LogP contribution in [0.15, 0.2) is 175 Å². The van der Waals surface area contributed by atoms with E-state index in [4.69, 9.17) is 4.74 Å². The molecule has 2 aromatic heterocycles. The maximum atomic E-state index is 12.5. The Labute approximate surface area is 304 Å². The van der Waals surface area contributed by atoms with Crippen LogP contribution in [0.25, 0.3) is 22.3 Å². The van der Waals surface area contributed by atoms with Crippen molar-refractivity contribution in [3.63, 3.8) is 0 Å². The number of rotatable bonds is 5. The van der Waals surface area contributed by atoms with Gasteiger partial charge < -0.3 is 4.74 Å². The van der Waals surface area contributed by atoms with E-state index in [1.165, 1.54) is 62.6 Å². The minimum atomic E-state index is -0.838. The molecule has 8 heterocycles. The van der Waals surface area contributed by atoms with Crippen LogP contribution < -0.4 is 10.7 Å². The number of methoxy groups -OCH3 is 1. The zero-order valence-corrected chi connectivity index (χ0v) is 28.7. The van der Waals surface area contributed by atoms with Gasteiger partial charge in [-0.15, -0.1) is 0 Å². The molecule has 4 aromatic carbocycles. The fourth-order valence-corrected chi connectivity index (χ4v) is 9.61. The first kappa shape index (κ1) is 28.6. The average molecular weight is 683 g/mol. The Kier molecular flexibility index (Phi) is 5.43. The largest absolute Gasteiger partial charge is 0.553 e. The fourth-order valence-electron chi connectivity index (χ4n) is 9.61. The Bertz CT molecular complexity index is 3000. The van der Waals surface area contributed by atoms with Gasteiger partial charge in [-0.05, 0) is 58.7 Å². The van der Waals surface area contributed by atoms with Crippen molar-refractivity contribution in [3.8, 4) is 0 Å². The molecule has 6 aliphatic heterocycles. The van der Waals surface area contributed by atoms with E-state index in [9.17, 15) is 4.79 Å². The van der Waals surface area contributed by atoms with Crippen LogP contribution >= 0.6 is 0 Å². The molecular formula is C47H30N4O2+2. The Hall–Kier alpha value is -7.05. The molecule has 0 radical (unpaired) electrons. The number of ether oxygens (including phenoxy) is 1. The molecule has 6 aliphatic rings. The molecule has 0 amide bonds. The van der Waals surface area contributed by atoms with Crippen molar-refractivity contribution in [2.45, 2.75) is 5.91 Å². The Morgan fingerprint density at radius 1 is 0.491 bits per heavy atom. The van der Waals surface area contributed by atoms with Gasteiger partial charge in [0.2, 0.25) is 22.8 Å². The highest BCUT2D eigenvalue weighted by molar-refractivity contribution is 6.29. The number of carbonyl (C=O) groups is 1. The quantitative estimate of drug-likeness (QED) is 0.160. The van der Waals surface area contributed by atoms with Crippen molar-refractivity contribution in [2.24, 2.45) is 0 Å².